The van der Waals surface area contributed by atoms with Crippen LogP contribution < -0.4 is 14.8 Å². The zero-order valence-corrected chi connectivity index (χ0v) is 27.8. The van der Waals surface area contributed by atoms with Crippen LogP contribution in [0.5, 0.6) is 11.5 Å². The van der Waals surface area contributed by atoms with Crippen LogP contribution in [0.2, 0.25) is 0 Å². The van der Waals surface area contributed by atoms with Crippen LogP contribution in [0.15, 0.2) is 114 Å². The van der Waals surface area contributed by atoms with Crippen molar-refractivity contribution in [1.29, 1.82) is 0 Å². The molecule has 0 aromatic heterocycles. The van der Waals surface area contributed by atoms with Crippen LogP contribution in [0.25, 0.3) is 0 Å². The van der Waals surface area contributed by atoms with E-state index >= 15 is 0 Å². The smallest absolute Gasteiger partial charge is 0.261 e. The van der Waals surface area contributed by atoms with Gasteiger partial charge in [-0.3, -0.25) is 9.59 Å². The van der Waals surface area contributed by atoms with Crippen molar-refractivity contribution < 1.29 is 32.2 Å². The SMILES string of the molecule is COc1ccc(CN(C(=O)COc2ccc(S(=O)(=O)N3CCOCC3)cc2)[C@@H](Cc2ccccc2)C(=O)NCCc2ccccc2)cc1. The summed E-state index contributed by atoms with van der Waals surface area (Å²) in [4.78, 5) is 29.5. The summed E-state index contributed by atoms with van der Waals surface area (Å²) < 4.78 is 43.9. The Morgan fingerprint density at radius 2 is 1.42 bits per heavy atom. The second-order valence-corrected chi connectivity index (χ2v) is 13.3. The maximum atomic E-state index is 14.0. The largest absolute Gasteiger partial charge is 0.497 e. The molecule has 48 heavy (non-hydrogen) atoms. The van der Waals surface area contributed by atoms with Crippen molar-refractivity contribution in [2.24, 2.45) is 0 Å². The fraction of sp³-hybridized carbons (Fsp3) is 0.297. The van der Waals surface area contributed by atoms with E-state index in [1.165, 1.54) is 28.6 Å². The lowest BCUT2D eigenvalue weighted by Gasteiger charge is -2.31. The number of sulfonamides is 1. The van der Waals surface area contributed by atoms with E-state index in [2.05, 4.69) is 5.32 Å². The van der Waals surface area contributed by atoms with E-state index in [1.54, 1.807) is 12.0 Å². The Bertz CT molecular complexity index is 1710. The molecule has 1 fully saturated rings. The highest BCUT2D eigenvalue weighted by Gasteiger charge is 2.31. The number of ether oxygens (including phenoxy) is 3. The number of benzene rings is 4. The summed E-state index contributed by atoms with van der Waals surface area (Å²) in [7, 11) is -2.08. The van der Waals surface area contributed by atoms with Gasteiger partial charge in [0.15, 0.2) is 6.61 Å². The third-order valence-electron chi connectivity index (χ3n) is 8.13. The highest BCUT2D eigenvalue weighted by Crippen LogP contribution is 2.22. The molecule has 1 aliphatic heterocycles. The summed E-state index contributed by atoms with van der Waals surface area (Å²) in [6.07, 6.45) is 0.950. The van der Waals surface area contributed by atoms with Crippen LogP contribution in [0.1, 0.15) is 16.7 Å². The number of methoxy groups -OCH3 is 1. The fourth-order valence-electron chi connectivity index (χ4n) is 5.45. The molecule has 252 valence electrons. The number of morpholine rings is 1. The molecule has 5 rings (SSSR count). The molecule has 4 aromatic rings. The maximum absolute atomic E-state index is 14.0. The van der Waals surface area contributed by atoms with Gasteiger partial charge in [0.25, 0.3) is 5.91 Å². The Morgan fingerprint density at radius 1 is 0.812 bits per heavy atom. The van der Waals surface area contributed by atoms with Gasteiger partial charge in [-0.15, -0.1) is 0 Å². The summed E-state index contributed by atoms with van der Waals surface area (Å²) in [5, 5.41) is 3.05. The molecular formula is C37H41N3O7S. The van der Waals surface area contributed by atoms with Gasteiger partial charge in [-0.25, -0.2) is 8.42 Å². The van der Waals surface area contributed by atoms with Crippen molar-refractivity contribution in [2.75, 3.05) is 46.6 Å². The zero-order chi connectivity index (χ0) is 33.8. The maximum Gasteiger partial charge on any atom is 0.261 e. The number of carbonyl (C=O) groups excluding carboxylic acids is 2. The first-order chi connectivity index (χ1) is 23.3. The Hall–Kier alpha value is -4.71. The van der Waals surface area contributed by atoms with Gasteiger partial charge >= 0.3 is 0 Å². The predicted molar refractivity (Wildman–Crippen MR) is 182 cm³/mol. The van der Waals surface area contributed by atoms with Gasteiger partial charge in [-0.2, -0.15) is 4.31 Å². The summed E-state index contributed by atoms with van der Waals surface area (Å²) in [6, 6.07) is 32.0. The molecule has 10 nitrogen and oxygen atoms in total. The number of carbonyl (C=O) groups is 2. The zero-order valence-electron chi connectivity index (χ0n) is 27.0. The van der Waals surface area contributed by atoms with Crippen LogP contribution in [-0.2, 0) is 43.7 Å². The Morgan fingerprint density at radius 3 is 2.04 bits per heavy atom. The lowest BCUT2D eigenvalue weighted by atomic mass is 10.0. The standard InChI is InChI=1S/C37H41N3O7S/c1-45-32-14-12-31(13-15-32)27-40(35(26-30-10-6-3-7-11-30)37(42)38-21-20-29-8-4-2-5-9-29)36(41)28-47-33-16-18-34(19-17-33)48(43,44)39-22-24-46-25-23-39/h2-19,35H,20-28H2,1H3,(H,38,42)/t35-/m0/s1. The molecule has 1 saturated heterocycles. The lowest BCUT2D eigenvalue weighted by Crippen LogP contribution is -2.52. The quantitative estimate of drug-likeness (QED) is 0.203. The molecule has 0 unspecified atom stereocenters. The minimum Gasteiger partial charge on any atom is -0.497 e. The van der Waals surface area contributed by atoms with E-state index in [-0.39, 0.29) is 24.0 Å². The molecule has 1 heterocycles. The molecule has 1 atom stereocenters. The molecule has 1 N–H and O–H groups in total. The summed E-state index contributed by atoms with van der Waals surface area (Å²) in [6.45, 7) is 1.51. The average Bonchev–Trinajstić information content (AvgIpc) is 3.13. The second-order valence-electron chi connectivity index (χ2n) is 11.4. The van der Waals surface area contributed by atoms with Gasteiger partial charge < -0.3 is 24.4 Å². The van der Waals surface area contributed by atoms with E-state index in [4.69, 9.17) is 14.2 Å². The molecule has 11 heteroatoms. The molecule has 4 aromatic carbocycles. The monoisotopic (exact) mass is 671 g/mol. The summed E-state index contributed by atoms with van der Waals surface area (Å²) in [5.41, 5.74) is 2.82. The molecule has 2 amide bonds. The lowest BCUT2D eigenvalue weighted by molar-refractivity contribution is -0.142. The van der Waals surface area contributed by atoms with Crippen LogP contribution in [0.4, 0.5) is 0 Å². The van der Waals surface area contributed by atoms with E-state index in [1.807, 2.05) is 84.9 Å². The second kappa shape index (κ2) is 16.9. The molecule has 0 radical (unpaired) electrons. The van der Waals surface area contributed by atoms with Gasteiger partial charge in [0.2, 0.25) is 15.9 Å². The Labute approximate surface area is 282 Å². The molecule has 0 aliphatic carbocycles. The number of nitrogens with one attached hydrogen (secondary N) is 1. The number of hydrogen-bond acceptors (Lipinski definition) is 7. The van der Waals surface area contributed by atoms with E-state index in [0.29, 0.717) is 57.2 Å². The van der Waals surface area contributed by atoms with Crippen molar-refractivity contribution in [3.8, 4) is 11.5 Å². The summed E-state index contributed by atoms with van der Waals surface area (Å²) >= 11 is 0. The van der Waals surface area contributed by atoms with Crippen LogP contribution in [0, 0.1) is 0 Å². The van der Waals surface area contributed by atoms with Gasteiger partial charge in [0.1, 0.15) is 17.5 Å². The van der Waals surface area contributed by atoms with Gasteiger partial charge in [0, 0.05) is 32.6 Å². The highest BCUT2D eigenvalue weighted by atomic mass is 32.2. The first-order valence-corrected chi connectivity index (χ1v) is 17.4. The Kier molecular flexibility index (Phi) is 12.2. The molecule has 0 bridgehead atoms. The minimum atomic E-state index is -3.67. The number of hydrogen-bond donors (Lipinski definition) is 1. The topological polar surface area (TPSA) is 114 Å². The normalized spacial score (nSPS) is 14.1. The van der Waals surface area contributed by atoms with Gasteiger partial charge in [-0.1, -0.05) is 72.8 Å². The number of nitrogens with zero attached hydrogens (tertiary/aromatic N) is 2. The van der Waals surface area contributed by atoms with Gasteiger partial charge in [-0.05, 0) is 59.5 Å². The third kappa shape index (κ3) is 9.43. The van der Waals surface area contributed by atoms with Gasteiger partial charge in [0.05, 0.1) is 25.2 Å². The third-order valence-corrected chi connectivity index (χ3v) is 10.0. The van der Waals surface area contributed by atoms with E-state index in [9.17, 15) is 18.0 Å². The number of rotatable bonds is 15. The van der Waals surface area contributed by atoms with Crippen molar-refractivity contribution in [1.82, 2.24) is 14.5 Å². The predicted octanol–water partition coefficient (Wildman–Crippen LogP) is 4.09. The average molecular weight is 672 g/mol. The molecule has 1 aliphatic rings. The number of amides is 2. The van der Waals surface area contributed by atoms with Crippen molar-refractivity contribution in [2.45, 2.75) is 30.3 Å². The molecule has 0 spiro atoms. The van der Waals surface area contributed by atoms with Crippen LogP contribution in [-0.4, -0.2) is 82.0 Å². The van der Waals surface area contributed by atoms with Crippen molar-refractivity contribution in [3.63, 3.8) is 0 Å². The molecular weight excluding hydrogens is 630 g/mol. The first kappa shape index (κ1) is 34.6. The van der Waals surface area contributed by atoms with Crippen molar-refractivity contribution in [3.05, 3.63) is 126 Å². The van der Waals surface area contributed by atoms with E-state index < -0.39 is 22.0 Å². The first-order valence-electron chi connectivity index (χ1n) is 15.9. The highest BCUT2D eigenvalue weighted by molar-refractivity contribution is 7.89. The van der Waals surface area contributed by atoms with Crippen molar-refractivity contribution >= 4 is 21.8 Å². The van der Waals surface area contributed by atoms with E-state index in [0.717, 1.165) is 16.7 Å². The molecule has 0 saturated carbocycles. The Balaban J connectivity index is 1.34. The summed E-state index contributed by atoms with van der Waals surface area (Å²) in [5.74, 6) is 0.350. The van der Waals surface area contributed by atoms with Crippen LogP contribution in [0.3, 0.4) is 0 Å². The minimum absolute atomic E-state index is 0.138. The fourth-order valence-corrected chi connectivity index (χ4v) is 6.85. The van der Waals surface area contributed by atoms with Crippen LogP contribution >= 0.6 is 0 Å².